The van der Waals surface area contributed by atoms with Gasteiger partial charge in [0.2, 0.25) is 0 Å². The second-order valence-electron chi connectivity index (χ2n) is 8.34. The summed E-state index contributed by atoms with van der Waals surface area (Å²) in [5.74, 6) is -0.965. The predicted molar refractivity (Wildman–Crippen MR) is 127 cm³/mol. The first-order chi connectivity index (χ1) is 15.1. The number of fused-ring (bicyclic) bond motifs is 1. The number of benzene rings is 3. The van der Waals surface area contributed by atoms with Crippen LogP contribution in [0.3, 0.4) is 0 Å². The number of sulfone groups is 1. The number of hydrogen-bond acceptors (Lipinski definition) is 4. The van der Waals surface area contributed by atoms with Crippen molar-refractivity contribution in [2.45, 2.75) is 18.6 Å². The number of nitrogens with zero attached hydrogens (tertiary/aromatic N) is 1. The minimum Gasteiger partial charge on any atom is -0.478 e. The maximum atomic E-state index is 12.5. The Hall–Kier alpha value is -3.51. The van der Waals surface area contributed by atoms with Crippen LogP contribution in [-0.4, -0.2) is 30.7 Å². The Labute approximate surface area is 187 Å². The Morgan fingerprint density at radius 2 is 1.56 bits per heavy atom. The van der Waals surface area contributed by atoms with E-state index in [0.29, 0.717) is 5.56 Å². The SMILES string of the molecule is CC(C)(c1cc(-c2cccc(-c3ccc(C(=O)O)cc3)c2)c2ncccc2c1)S(C)(=O)=O. The third-order valence-corrected chi connectivity index (χ3v) is 8.06. The Morgan fingerprint density at radius 3 is 2.22 bits per heavy atom. The zero-order chi connectivity index (χ0) is 23.1. The van der Waals surface area contributed by atoms with Crippen molar-refractivity contribution in [2.24, 2.45) is 0 Å². The zero-order valence-electron chi connectivity index (χ0n) is 18.0. The van der Waals surface area contributed by atoms with E-state index < -0.39 is 20.6 Å². The first-order valence-corrected chi connectivity index (χ1v) is 12.0. The van der Waals surface area contributed by atoms with E-state index in [1.54, 1.807) is 44.3 Å². The van der Waals surface area contributed by atoms with Gasteiger partial charge in [-0.2, -0.15) is 0 Å². The molecule has 5 nitrogen and oxygen atoms in total. The molecule has 1 N–H and O–H groups in total. The molecule has 0 unspecified atom stereocenters. The summed E-state index contributed by atoms with van der Waals surface area (Å²) in [5, 5.41) is 10.0. The molecule has 1 aromatic heterocycles. The molecule has 4 aromatic rings. The lowest BCUT2D eigenvalue weighted by Gasteiger charge is -2.24. The summed E-state index contributed by atoms with van der Waals surface area (Å²) in [6, 6.07) is 22.2. The summed E-state index contributed by atoms with van der Waals surface area (Å²) in [5.41, 5.74) is 5.29. The Bertz CT molecular complexity index is 1440. The van der Waals surface area contributed by atoms with Crippen molar-refractivity contribution in [2.75, 3.05) is 6.26 Å². The molecule has 0 bridgehead atoms. The van der Waals surface area contributed by atoms with Gasteiger partial charge in [0.1, 0.15) is 0 Å². The molecule has 3 aromatic carbocycles. The molecule has 6 heteroatoms. The standard InChI is InChI=1S/C26H23NO4S/c1-26(2,32(3,30)31)22-15-21-8-5-13-27-24(21)23(16-22)20-7-4-6-19(14-20)17-9-11-18(12-10-17)25(28)29/h4-16H,1-3H3,(H,28,29). The van der Waals surface area contributed by atoms with Crippen molar-refractivity contribution >= 4 is 26.7 Å². The molecule has 32 heavy (non-hydrogen) atoms. The molecule has 0 fully saturated rings. The fourth-order valence-electron chi connectivity index (χ4n) is 3.65. The largest absolute Gasteiger partial charge is 0.478 e. The van der Waals surface area contributed by atoms with Gasteiger partial charge in [0, 0.05) is 23.4 Å². The first kappa shape index (κ1) is 21.7. The number of aromatic carboxylic acids is 1. The van der Waals surface area contributed by atoms with Crippen molar-refractivity contribution in [3.05, 3.63) is 90.1 Å². The molecule has 0 aliphatic heterocycles. The molecule has 0 saturated carbocycles. The fraction of sp³-hybridized carbons (Fsp3) is 0.154. The van der Waals surface area contributed by atoms with Gasteiger partial charge < -0.3 is 5.11 Å². The molecule has 1 heterocycles. The zero-order valence-corrected chi connectivity index (χ0v) is 18.8. The summed E-state index contributed by atoms with van der Waals surface area (Å²) in [6.45, 7) is 3.42. The van der Waals surface area contributed by atoms with E-state index in [4.69, 9.17) is 5.11 Å². The van der Waals surface area contributed by atoms with Gasteiger partial charge in [0.15, 0.2) is 9.84 Å². The van der Waals surface area contributed by atoms with Crippen molar-refractivity contribution in [3.63, 3.8) is 0 Å². The van der Waals surface area contributed by atoms with E-state index in [1.165, 1.54) is 6.26 Å². The smallest absolute Gasteiger partial charge is 0.335 e. The highest BCUT2D eigenvalue weighted by Gasteiger charge is 2.33. The van der Waals surface area contributed by atoms with Gasteiger partial charge in [-0.15, -0.1) is 0 Å². The molecule has 0 aliphatic carbocycles. The molecule has 4 rings (SSSR count). The van der Waals surface area contributed by atoms with Gasteiger partial charge in [0.05, 0.1) is 15.8 Å². The van der Waals surface area contributed by atoms with Crippen molar-refractivity contribution in [3.8, 4) is 22.3 Å². The molecule has 0 saturated heterocycles. The van der Waals surface area contributed by atoms with E-state index in [1.807, 2.05) is 48.5 Å². The Morgan fingerprint density at radius 1 is 0.875 bits per heavy atom. The predicted octanol–water partition coefficient (Wildman–Crippen LogP) is 5.55. The lowest BCUT2D eigenvalue weighted by atomic mass is 9.92. The van der Waals surface area contributed by atoms with E-state index in [2.05, 4.69) is 4.98 Å². The van der Waals surface area contributed by atoms with E-state index >= 15 is 0 Å². The van der Waals surface area contributed by atoms with Crippen LogP contribution in [-0.2, 0) is 14.6 Å². The molecule has 0 radical (unpaired) electrons. The Balaban J connectivity index is 1.90. The van der Waals surface area contributed by atoms with Crippen LogP contribution in [0.2, 0.25) is 0 Å². The highest BCUT2D eigenvalue weighted by Crippen LogP contribution is 2.37. The third kappa shape index (κ3) is 3.89. The lowest BCUT2D eigenvalue weighted by molar-refractivity contribution is 0.0697. The van der Waals surface area contributed by atoms with Crippen LogP contribution >= 0.6 is 0 Å². The van der Waals surface area contributed by atoms with E-state index in [9.17, 15) is 13.2 Å². The Kier molecular flexibility index (Phi) is 5.34. The number of pyridine rings is 1. The first-order valence-electron chi connectivity index (χ1n) is 10.1. The number of carbonyl (C=O) groups is 1. The van der Waals surface area contributed by atoms with E-state index in [-0.39, 0.29) is 5.56 Å². The minimum absolute atomic E-state index is 0.232. The van der Waals surface area contributed by atoms with Crippen LogP contribution in [0.4, 0.5) is 0 Å². The summed E-state index contributed by atoms with van der Waals surface area (Å²) in [4.78, 5) is 15.7. The average molecular weight is 446 g/mol. The van der Waals surface area contributed by atoms with Crippen LogP contribution in [0.1, 0.15) is 29.8 Å². The molecule has 0 amide bonds. The van der Waals surface area contributed by atoms with Gasteiger partial charge in [-0.1, -0.05) is 36.4 Å². The second-order valence-corrected chi connectivity index (χ2v) is 10.9. The van der Waals surface area contributed by atoms with Gasteiger partial charge >= 0.3 is 5.97 Å². The summed E-state index contributed by atoms with van der Waals surface area (Å²) < 4.78 is 23.9. The van der Waals surface area contributed by atoms with E-state index in [0.717, 1.165) is 33.2 Å². The molecule has 0 aliphatic rings. The minimum atomic E-state index is -3.35. The fourth-order valence-corrected chi connectivity index (χ4v) is 4.19. The van der Waals surface area contributed by atoms with Crippen LogP contribution in [0.15, 0.2) is 79.0 Å². The van der Waals surface area contributed by atoms with Gasteiger partial charge in [0.25, 0.3) is 0 Å². The monoisotopic (exact) mass is 445 g/mol. The van der Waals surface area contributed by atoms with Crippen LogP contribution < -0.4 is 0 Å². The summed E-state index contributed by atoms with van der Waals surface area (Å²) >= 11 is 0. The number of hydrogen-bond donors (Lipinski definition) is 1. The highest BCUT2D eigenvalue weighted by atomic mass is 32.2. The van der Waals surface area contributed by atoms with Gasteiger partial charge in [-0.05, 0) is 72.5 Å². The number of aromatic nitrogens is 1. The van der Waals surface area contributed by atoms with Gasteiger partial charge in [-0.3, -0.25) is 4.98 Å². The molecular formula is C26H23NO4S. The third-order valence-electron chi connectivity index (χ3n) is 5.97. The number of rotatable bonds is 5. The van der Waals surface area contributed by atoms with Crippen molar-refractivity contribution in [1.82, 2.24) is 4.98 Å². The average Bonchev–Trinajstić information content (AvgIpc) is 2.77. The maximum Gasteiger partial charge on any atom is 0.335 e. The molecule has 162 valence electrons. The van der Waals surface area contributed by atoms with Crippen LogP contribution in [0.25, 0.3) is 33.2 Å². The molecule has 0 atom stereocenters. The lowest BCUT2D eigenvalue weighted by Crippen LogP contribution is -2.28. The van der Waals surface area contributed by atoms with Gasteiger partial charge in [-0.25, -0.2) is 13.2 Å². The quantitative estimate of drug-likeness (QED) is 0.436. The maximum absolute atomic E-state index is 12.5. The number of carboxylic acid groups (broad SMARTS) is 1. The summed E-state index contributed by atoms with van der Waals surface area (Å²) in [6.07, 6.45) is 2.98. The van der Waals surface area contributed by atoms with Crippen molar-refractivity contribution < 1.29 is 18.3 Å². The normalized spacial score (nSPS) is 12.1. The van der Waals surface area contributed by atoms with Crippen LogP contribution in [0.5, 0.6) is 0 Å². The van der Waals surface area contributed by atoms with Crippen molar-refractivity contribution in [1.29, 1.82) is 0 Å². The molecule has 0 spiro atoms. The topological polar surface area (TPSA) is 84.3 Å². The molecular weight excluding hydrogens is 422 g/mol. The second kappa shape index (κ2) is 7.88. The number of carboxylic acids is 1. The van der Waals surface area contributed by atoms with Crippen LogP contribution in [0, 0.1) is 0 Å². The summed E-state index contributed by atoms with van der Waals surface area (Å²) in [7, 11) is -3.35. The highest BCUT2D eigenvalue weighted by molar-refractivity contribution is 7.91.